The Morgan fingerprint density at radius 3 is 1.20 bits per heavy atom. The maximum Gasteiger partial charge on any atom is 0.306 e. The number of carbonyl (C=O) groups excluding carboxylic acids is 2. The maximum atomic E-state index is 12.9. The van der Waals surface area contributed by atoms with Crippen LogP contribution in [0.2, 0.25) is 0 Å². The van der Waals surface area contributed by atoms with Gasteiger partial charge in [-0.05, 0) is 38.5 Å². The minimum absolute atomic E-state index is 0.167. The fraction of sp³-hybridized carbons (Fsp3) is 0.929. The standard InChI is InChI=1S/C56H106O12S/c1-3-5-7-9-11-13-15-17-19-21-23-24-25-27-28-30-32-34-36-38-40-42-44-51(57)65-46-49(47-66-56-55(61)54(60)53(59)50(68-56)48-69(62,63)64)67-52(58)45-43-41-39-37-35-33-31-29-26-22-20-18-16-14-12-10-8-6-4-2/h18,20,49-50,53-56,59-61H,3-17,19,21-48H2,1-2H3,(H,62,63,64)/b20-18-. The van der Waals surface area contributed by atoms with Crippen LogP contribution in [-0.4, -0.2) is 96.0 Å². The smallest absolute Gasteiger partial charge is 0.306 e. The lowest BCUT2D eigenvalue weighted by Gasteiger charge is -2.40. The highest BCUT2D eigenvalue weighted by Crippen LogP contribution is 2.24. The first-order valence-electron chi connectivity index (χ1n) is 28.7. The lowest BCUT2D eigenvalue weighted by atomic mass is 10.00. The largest absolute Gasteiger partial charge is 0.462 e. The zero-order valence-corrected chi connectivity index (χ0v) is 45.0. The van der Waals surface area contributed by atoms with Crippen LogP contribution in [0.3, 0.4) is 0 Å². The second kappa shape index (κ2) is 46.2. The molecule has 0 aromatic carbocycles. The lowest BCUT2D eigenvalue weighted by molar-refractivity contribution is -0.297. The fourth-order valence-electron chi connectivity index (χ4n) is 9.15. The van der Waals surface area contributed by atoms with E-state index in [0.29, 0.717) is 12.8 Å². The molecule has 6 unspecified atom stereocenters. The Hall–Kier alpha value is -1.61. The van der Waals surface area contributed by atoms with Crippen LogP contribution in [0.1, 0.15) is 277 Å². The number of rotatable bonds is 50. The summed E-state index contributed by atoms with van der Waals surface area (Å²) in [6.45, 7) is 3.82. The minimum Gasteiger partial charge on any atom is -0.462 e. The first kappa shape index (κ1) is 65.4. The maximum absolute atomic E-state index is 12.9. The van der Waals surface area contributed by atoms with Crippen molar-refractivity contribution < 1.29 is 56.8 Å². The van der Waals surface area contributed by atoms with E-state index in [9.17, 15) is 37.9 Å². The summed E-state index contributed by atoms with van der Waals surface area (Å²) in [6, 6.07) is 0. The minimum atomic E-state index is -4.60. The number of aliphatic hydroxyl groups excluding tert-OH is 3. The van der Waals surface area contributed by atoms with Gasteiger partial charge in [-0.3, -0.25) is 14.1 Å². The number of ether oxygens (including phenoxy) is 4. The second-order valence-corrected chi connectivity index (χ2v) is 21.8. The number of unbranched alkanes of at least 4 members (excludes halogenated alkanes) is 36. The molecular weight excluding hydrogens is 897 g/mol. The number of hydrogen-bond donors (Lipinski definition) is 4. The molecule has 1 heterocycles. The molecule has 0 aromatic heterocycles. The molecule has 408 valence electrons. The van der Waals surface area contributed by atoms with Crippen LogP contribution in [-0.2, 0) is 38.7 Å². The fourth-order valence-corrected chi connectivity index (χ4v) is 9.84. The van der Waals surface area contributed by atoms with Gasteiger partial charge in [0.1, 0.15) is 36.8 Å². The zero-order valence-electron chi connectivity index (χ0n) is 44.2. The summed E-state index contributed by atoms with van der Waals surface area (Å²) in [5.41, 5.74) is 0. The Labute approximate surface area is 422 Å². The summed E-state index contributed by atoms with van der Waals surface area (Å²) >= 11 is 0. The van der Waals surface area contributed by atoms with Gasteiger partial charge in [-0.25, -0.2) is 0 Å². The van der Waals surface area contributed by atoms with E-state index in [-0.39, 0.29) is 19.4 Å². The van der Waals surface area contributed by atoms with Crippen molar-refractivity contribution in [2.45, 2.75) is 314 Å². The van der Waals surface area contributed by atoms with Crippen LogP contribution in [0, 0.1) is 0 Å². The average Bonchev–Trinajstić information content (AvgIpc) is 3.32. The number of aliphatic hydroxyl groups is 3. The third kappa shape index (κ3) is 40.5. The molecule has 1 fully saturated rings. The number of hydrogen-bond acceptors (Lipinski definition) is 11. The van der Waals surface area contributed by atoms with E-state index in [4.69, 9.17) is 18.9 Å². The number of esters is 2. The van der Waals surface area contributed by atoms with Gasteiger partial charge in [-0.2, -0.15) is 8.42 Å². The first-order chi connectivity index (χ1) is 33.5. The van der Waals surface area contributed by atoms with E-state index in [2.05, 4.69) is 26.0 Å². The van der Waals surface area contributed by atoms with Crippen LogP contribution < -0.4 is 0 Å². The van der Waals surface area contributed by atoms with Gasteiger partial charge in [0, 0.05) is 12.8 Å². The topological polar surface area (TPSA) is 186 Å². The predicted molar refractivity (Wildman–Crippen MR) is 280 cm³/mol. The van der Waals surface area contributed by atoms with Crippen LogP contribution in [0.15, 0.2) is 12.2 Å². The Bertz CT molecular complexity index is 1310. The molecule has 13 heteroatoms. The lowest BCUT2D eigenvalue weighted by Crippen LogP contribution is -2.60. The molecule has 0 amide bonds. The van der Waals surface area contributed by atoms with Gasteiger partial charge in [-0.1, -0.05) is 238 Å². The highest BCUT2D eigenvalue weighted by Gasteiger charge is 2.46. The van der Waals surface area contributed by atoms with Gasteiger partial charge in [0.2, 0.25) is 0 Å². The SMILES string of the molecule is CCCCCCCC/C=C\CCCCCCCCCCCC(=O)OC(COC(=O)CCCCCCCCCCCCCCCCCCCCCCCC)COC1OC(CS(=O)(=O)O)C(O)C(O)C1O. The number of allylic oxidation sites excluding steroid dienone is 2. The van der Waals surface area contributed by atoms with Crippen LogP contribution in [0.4, 0.5) is 0 Å². The van der Waals surface area contributed by atoms with E-state index in [0.717, 1.165) is 38.5 Å². The van der Waals surface area contributed by atoms with Crippen LogP contribution in [0.5, 0.6) is 0 Å². The molecule has 0 bridgehead atoms. The van der Waals surface area contributed by atoms with Crippen molar-refractivity contribution in [2.24, 2.45) is 0 Å². The molecule has 69 heavy (non-hydrogen) atoms. The summed E-state index contributed by atoms with van der Waals surface area (Å²) in [4.78, 5) is 25.6. The molecule has 0 saturated carbocycles. The van der Waals surface area contributed by atoms with E-state index >= 15 is 0 Å². The summed E-state index contributed by atoms with van der Waals surface area (Å²) in [5, 5.41) is 31.0. The van der Waals surface area contributed by atoms with Gasteiger partial charge < -0.3 is 34.3 Å². The molecule has 0 aliphatic carbocycles. The Kier molecular flexibility index (Phi) is 43.8. The molecule has 1 rings (SSSR count). The quantitative estimate of drug-likeness (QED) is 0.0196. The normalized spacial score (nSPS) is 19.1. The Morgan fingerprint density at radius 2 is 0.826 bits per heavy atom. The summed E-state index contributed by atoms with van der Waals surface area (Å²) in [7, 11) is -4.60. The summed E-state index contributed by atoms with van der Waals surface area (Å²) < 4.78 is 54.4. The van der Waals surface area contributed by atoms with E-state index in [1.807, 2.05) is 0 Å². The van der Waals surface area contributed by atoms with E-state index in [1.54, 1.807) is 0 Å². The van der Waals surface area contributed by atoms with Crippen molar-refractivity contribution in [2.75, 3.05) is 19.0 Å². The van der Waals surface area contributed by atoms with Crippen molar-refractivity contribution in [3.05, 3.63) is 12.2 Å². The molecule has 12 nitrogen and oxygen atoms in total. The van der Waals surface area contributed by atoms with Gasteiger partial charge in [0.25, 0.3) is 10.1 Å². The zero-order chi connectivity index (χ0) is 50.5. The number of carbonyl (C=O) groups is 2. The Morgan fingerprint density at radius 1 is 0.478 bits per heavy atom. The molecule has 4 N–H and O–H groups in total. The predicted octanol–water partition coefficient (Wildman–Crippen LogP) is 13.7. The average molecular weight is 1000 g/mol. The van der Waals surface area contributed by atoms with Gasteiger partial charge >= 0.3 is 11.9 Å². The van der Waals surface area contributed by atoms with Gasteiger partial charge in [-0.15, -0.1) is 0 Å². The molecular formula is C56H106O12S. The first-order valence-corrected chi connectivity index (χ1v) is 30.4. The molecule has 0 radical (unpaired) electrons. The second-order valence-electron chi connectivity index (χ2n) is 20.3. The van der Waals surface area contributed by atoms with E-state index in [1.165, 1.54) is 199 Å². The Balaban J connectivity index is 2.30. The van der Waals surface area contributed by atoms with Crippen molar-refractivity contribution in [3.8, 4) is 0 Å². The third-order valence-corrected chi connectivity index (χ3v) is 14.3. The summed E-state index contributed by atoms with van der Waals surface area (Å²) in [6.07, 6.45) is 44.0. The molecule has 1 aliphatic rings. The van der Waals surface area contributed by atoms with Crippen LogP contribution >= 0.6 is 0 Å². The van der Waals surface area contributed by atoms with Crippen molar-refractivity contribution in [1.29, 1.82) is 0 Å². The van der Waals surface area contributed by atoms with Gasteiger partial charge in [0.05, 0.1) is 6.61 Å². The highest BCUT2D eigenvalue weighted by molar-refractivity contribution is 7.85. The summed E-state index contributed by atoms with van der Waals surface area (Å²) in [5.74, 6) is -1.96. The van der Waals surface area contributed by atoms with Crippen molar-refractivity contribution in [1.82, 2.24) is 0 Å². The molecule has 0 spiro atoms. The molecule has 6 atom stereocenters. The van der Waals surface area contributed by atoms with Crippen molar-refractivity contribution >= 4 is 22.1 Å². The monoisotopic (exact) mass is 1000 g/mol. The van der Waals surface area contributed by atoms with Crippen LogP contribution in [0.25, 0.3) is 0 Å². The highest BCUT2D eigenvalue weighted by atomic mass is 32.2. The van der Waals surface area contributed by atoms with Gasteiger partial charge in [0.15, 0.2) is 12.4 Å². The van der Waals surface area contributed by atoms with Crippen molar-refractivity contribution in [3.63, 3.8) is 0 Å². The molecule has 1 saturated heterocycles. The molecule has 1 aliphatic heterocycles. The van der Waals surface area contributed by atoms with E-state index < -0.39 is 71.2 Å². The third-order valence-electron chi connectivity index (χ3n) is 13.6. The molecule has 0 aromatic rings.